The number of nitrogens with zero attached hydrogens (tertiary/aromatic N) is 2. The normalized spacial score (nSPS) is 25.8. The Labute approximate surface area is 96.6 Å². The number of nitrogen functional groups attached to an aromatic ring is 2. The summed E-state index contributed by atoms with van der Waals surface area (Å²) in [6.45, 7) is 6.67. The predicted molar refractivity (Wildman–Crippen MR) is 68.2 cm³/mol. The van der Waals surface area contributed by atoms with E-state index in [2.05, 4.69) is 23.7 Å². The summed E-state index contributed by atoms with van der Waals surface area (Å²) in [5.74, 6) is 2.37. The summed E-state index contributed by atoms with van der Waals surface area (Å²) in [6, 6.07) is 1.88. The van der Waals surface area contributed by atoms with Crippen LogP contribution in [0.4, 0.5) is 17.2 Å². The van der Waals surface area contributed by atoms with E-state index in [-0.39, 0.29) is 0 Å². The molecule has 0 spiro atoms. The number of nitrogens with two attached hydrogens (primary N) is 2. The van der Waals surface area contributed by atoms with Crippen molar-refractivity contribution in [3.63, 3.8) is 0 Å². The van der Waals surface area contributed by atoms with E-state index >= 15 is 0 Å². The molecule has 2 rings (SSSR count). The number of hydrogen-bond acceptors (Lipinski definition) is 4. The highest BCUT2D eigenvalue weighted by atomic mass is 15.2. The molecule has 1 fully saturated rings. The molecule has 2 atom stereocenters. The van der Waals surface area contributed by atoms with Crippen LogP contribution >= 0.6 is 0 Å². The smallest absolute Gasteiger partial charge is 0.130 e. The van der Waals surface area contributed by atoms with Gasteiger partial charge in [-0.2, -0.15) is 0 Å². The van der Waals surface area contributed by atoms with Crippen molar-refractivity contribution in [2.24, 2.45) is 11.8 Å². The minimum Gasteiger partial charge on any atom is -0.397 e. The van der Waals surface area contributed by atoms with Crippen LogP contribution in [0.2, 0.25) is 0 Å². The zero-order valence-electron chi connectivity index (χ0n) is 9.98. The number of aromatic nitrogens is 1. The van der Waals surface area contributed by atoms with E-state index in [1.54, 1.807) is 6.20 Å². The summed E-state index contributed by atoms with van der Waals surface area (Å²) in [5, 5.41) is 0. The van der Waals surface area contributed by atoms with Gasteiger partial charge in [-0.3, -0.25) is 0 Å². The number of rotatable bonds is 1. The van der Waals surface area contributed by atoms with Crippen LogP contribution in [0.1, 0.15) is 20.3 Å². The molecule has 2 heterocycles. The van der Waals surface area contributed by atoms with Crippen molar-refractivity contribution in [1.29, 1.82) is 0 Å². The van der Waals surface area contributed by atoms with Gasteiger partial charge in [0.1, 0.15) is 5.82 Å². The van der Waals surface area contributed by atoms with Crippen molar-refractivity contribution in [3.8, 4) is 0 Å². The van der Waals surface area contributed by atoms with Gasteiger partial charge in [0.15, 0.2) is 0 Å². The second-order valence-corrected chi connectivity index (χ2v) is 5.02. The molecule has 1 aliphatic rings. The monoisotopic (exact) mass is 220 g/mol. The highest BCUT2D eigenvalue weighted by Gasteiger charge is 2.22. The molecule has 0 saturated carbocycles. The first kappa shape index (κ1) is 11.0. The Morgan fingerprint density at radius 1 is 1.19 bits per heavy atom. The molecule has 88 valence electrons. The van der Waals surface area contributed by atoms with Gasteiger partial charge in [0.25, 0.3) is 0 Å². The maximum atomic E-state index is 5.80. The molecule has 0 aliphatic carbocycles. The third-order valence-corrected chi connectivity index (χ3v) is 3.15. The van der Waals surface area contributed by atoms with Gasteiger partial charge in [0.2, 0.25) is 0 Å². The molecule has 1 aromatic heterocycles. The van der Waals surface area contributed by atoms with Gasteiger partial charge in [-0.25, -0.2) is 4.98 Å². The molecule has 16 heavy (non-hydrogen) atoms. The van der Waals surface area contributed by atoms with Crippen LogP contribution in [-0.2, 0) is 0 Å². The van der Waals surface area contributed by atoms with Crippen LogP contribution < -0.4 is 16.4 Å². The number of pyridine rings is 1. The second-order valence-electron chi connectivity index (χ2n) is 5.02. The maximum absolute atomic E-state index is 5.80. The molecule has 4 nitrogen and oxygen atoms in total. The zero-order chi connectivity index (χ0) is 11.7. The first-order chi connectivity index (χ1) is 7.56. The fraction of sp³-hybridized carbons (Fsp3) is 0.583. The van der Waals surface area contributed by atoms with Crippen LogP contribution in [0.15, 0.2) is 12.3 Å². The maximum Gasteiger partial charge on any atom is 0.130 e. The van der Waals surface area contributed by atoms with Crippen molar-refractivity contribution in [2.45, 2.75) is 20.3 Å². The van der Waals surface area contributed by atoms with Gasteiger partial charge in [-0.1, -0.05) is 13.8 Å². The van der Waals surface area contributed by atoms with Crippen LogP contribution in [0.25, 0.3) is 0 Å². The quantitative estimate of drug-likeness (QED) is 0.756. The van der Waals surface area contributed by atoms with Crippen molar-refractivity contribution in [2.75, 3.05) is 29.5 Å². The number of hydrogen-bond donors (Lipinski definition) is 2. The molecule has 0 amide bonds. The largest absolute Gasteiger partial charge is 0.397 e. The standard InChI is InChI=1S/C12H20N4/c1-8-3-9(2)7-16(6-8)12-4-10(13)11(14)5-15-12/h4-5,8-9H,3,6-7,14H2,1-2H3,(H2,13,15). The van der Waals surface area contributed by atoms with E-state index in [0.29, 0.717) is 23.2 Å². The highest BCUT2D eigenvalue weighted by Crippen LogP contribution is 2.27. The Balaban J connectivity index is 2.19. The fourth-order valence-electron chi connectivity index (χ4n) is 2.49. The average molecular weight is 220 g/mol. The molecule has 0 radical (unpaired) electrons. The minimum atomic E-state index is 0.557. The van der Waals surface area contributed by atoms with Gasteiger partial charge < -0.3 is 16.4 Å². The summed E-state index contributed by atoms with van der Waals surface area (Å²) < 4.78 is 0. The second kappa shape index (κ2) is 4.20. The number of piperidine rings is 1. The predicted octanol–water partition coefficient (Wildman–Crippen LogP) is 1.73. The molecule has 4 heteroatoms. The number of anilines is 3. The molecular formula is C12H20N4. The van der Waals surface area contributed by atoms with Crippen molar-refractivity contribution >= 4 is 17.2 Å². The van der Waals surface area contributed by atoms with Crippen LogP contribution in [0.3, 0.4) is 0 Å². The van der Waals surface area contributed by atoms with E-state index in [1.807, 2.05) is 6.07 Å². The topological polar surface area (TPSA) is 68.2 Å². The lowest BCUT2D eigenvalue weighted by atomic mass is 9.92. The summed E-state index contributed by atoms with van der Waals surface area (Å²) in [7, 11) is 0. The Morgan fingerprint density at radius 2 is 1.81 bits per heavy atom. The molecule has 0 aromatic carbocycles. The van der Waals surface area contributed by atoms with E-state index in [4.69, 9.17) is 11.5 Å². The van der Waals surface area contributed by atoms with E-state index < -0.39 is 0 Å². The molecule has 1 saturated heterocycles. The van der Waals surface area contributed by atoms with Crippen molar-refractivity contribution < 1.29 is 0 Å². The molecule has 2 unspecified atom stereocenters. The Morgan fingerprint density at radius 3 is 2.38 bits per heavy atom. The lowest BCUT2D eigenvalue weighted by Gasteiger charge is -2.35. The van der Waals surface area contributed by atoms with Gasteiger partial charge >= 0.3 is 0 Å². The van der Waals surface area contributed by atoms with Crippen molar-refractivity contribution in [3.05, 3.63) is 12.3 Å². The zero-order valence-corrected chi connectivity index (χ0v) is 9.98. The van der Waals surface area contributed by atoms with E-state index in [0.717, 1.165) is 18.9 Å². The van der Waals surface area contributed by atoms with Crippen LogP contribution in [-0.4, -0.2) is 18.1 Å². The van der Waals surface area contributed by atoms with Gasteiger partial charge in [0.05, 0.1) is 17.6 Å². The first-order valence-corrected chi connectivity index (χ1v) is 5.82. The highest BCUT2D eigenvalue weighted by molar-refractivity contribution is 5.66. The Hall–Kier alpha value is -1.45. The molecular weight excluding hydrogens is 200 g/mol. The summed E-state index contributed by atoms with van der Waals surface area (Å²) >= 11 is 0. The van der Waals surface area contributed by atoms with Crippen LogP contribution in [0, 0.1) is 11.8 Å². The van der Waals surface area contributed by atoms with Crippen LogP contribution in [0.5, 0.6) is 0 Å². The fourth-order valence-corrected chi connectivity index (χ4v) is 2.49. The molecule has 4 N–H and O–H groups in total. The molecule has 0 bridgehead atoms. The molecule has 1 aromatic rings. The average Bonchev–Trinajstić information content (AvgIpc) is 2.20. The van der Waals surface area contributed by atoms with E-state index in [1.165, 1.54) is 6.42 Å². The molecule has 1 aliphatic heterocycles. The SMILES string of the molecule is CC1CC(C)CN(c2cc(N)c(N)cn2)C1. The van der Waals surface area contributed by atoms with Gasteiger partial charge in [-0.15, -0.1) is 0 Å². The van der Waals surface area contributed by atoms with Gasteiger partial charge in [0, 0.05) is 19.2 Å². The Kier molecular flexibility index (Phi) is 2.90. The third kappa shape index (κ3) is 2.21. The van der Waals surface area contributed by atoms with Crippen molar-refractivity contribution in [1.82, 2.24) is 4.98 Å². The van der Waals surface area contributed by atoms with Gasteiger partial charge in [-0.05, 0) is 18.3 Å². The Bertz CT molecular complexity index is 367. The lowest BCUT2D eigenvalue weighted by Crippen LogP contribution is -2.39. The lowest BCUT2D eigenvalue weighted by molar-refractivity contribution is 0.355. The third-order valence-electron chi connectivity index (χ3n) is 3.15. The summed E-state index contributed by atoms with van der Waals surface area (Å²) in [5.41, 5.74) is 12.7. The minimum absolute atomic E-state index is 0.557. The summed E-state index contributed by atoms with van der Waals surface area (Å²) in [6.07, 6.45) is 2.94. The summed E-state index contributed by atoms with van der Waals surface area (Å²) in [4.78, 5) is 6.65. The first-order valence-electron chi connectivity index (χ1n) is 5.82. The van der Waals surface area contributed by atoms with E-state index in [9.17, 15) is 0 Å².